The van der Waals surface area contributed by atoms with Gasteiger partial charge in [-0.25, -0.2) is 0 Å². The molecule has 2 atom stereocenters. The van der Waals surface area contributed by atoms with E-state index in [1.165, 1.54) is 0 Å². The first kappa shape index (κ1) is 14.5. The number of rotatable bonds is 3. The Hall–Kier alpha value is -0.570. The van der Waals surface area contributed by atoms with Gasteiger partial charge in [-0.15, -0.1) is 0 Å². The predicted octanol–water partition coefficient (Wildman–Crippen LogP) is 2.17. The van der Waals surface area contributed by atoms with Crippen LogP contribution in [0.5, 0.6) is 0 Å². The molecule has 1 saturated heterocycles. The lowest BCUT2D eigenvalue weighted by molar-refractivity contribution is -0.131. The lowest BCUT2D eigenvalue weighted by Crippen LogP contribution is -2.49. The van der Waals surface area contributed by atoms with Crippen molar-refractivity contribution in [2.45, 2.75) is 47.5 Å². The van der Waals surface area contributed by atoms with Crippen molar-refractivity contribution in [2.75, 3.05) is 19.6 Å². The lowest BCUT2D eigenvalue weighted by atomic mass is 9.80. The van der Waals surface area contributed by atoms with Crippen molar-refractivity contribution in [3.05, 3.63) is 0 Å². The number of amides is 1. The van der Waals surface area contributed by atoms with Crippen LogP contribution in [0.4, 0.5) is 0 Å². The number of carbonyl (C=O) groups is 1. The van der Waals surface area contributed by atoms with Gasteiger partial charge in [0.1, 0.15) is 0 Å². The Morgan fingerprint density at radius 1 is 1.47 bits per heavy atom. The average Bonchev–Trinajstić information content (AvgIpc) is 2.25. The van der Waals surface area contributed by atoms with Crippen LogP contribution in [0, 0.1) is 16.7 Å². The molecule has 0 bridgehead atoms. The van der Waals surface area contributed by atoms with Gasteiger partial charge in [0.05, 0.1) is 5.41 Å². The second-order valence-corrected chi connectivity index (χ2v) is 6.82. The zero-order chi connectivity index (χ0) is 13.1. The molecule has 1 heterocycles. The van der Waals surface area contributed by atoms with Gasteiger partial charge in [0.15, 0.2) is 0 Å². The van der Waals surface area contributed by atoms with Gasteiger partial charge in [-0.3, -0.25) is 4.79 Å². The van der Waals surface area contributed by atoms with Gasteiger partial charge in [0, 0.05) is 13.1 Å². The Balaban J connectivity index is 2.44. The molecule has 1 aliphatic rings. The first-order valence-electron chi connectivity index (χ1n) is 6.75. The highest BCUT2D eigenvalue weighted by Crippen LogP contribution is 2.27. The summed E-state index contributed by atoms with van der Waals surface area (Å²) in [4.78, 5) is 12.2. The summed E-state index contributed by atoms with van der Waals surface area (Å²) in [7, 11) is 0. The normalized spacial score (nSPS) is 27.6. The van der Waals surface area contributed by atoms with E-state index in [9.17, 15) is 4.79 Å². The fourth-order valence-corrected chi connectivity index (χ4v) is 2.02. The van der Waals surface area contributed by atoms with Crippen molar-refractivity contribution in [2.24, 2.45) is 16.7 Å². The molecule has 0 radical (unpaired) electrons. The van der Waals surface area contributed by atoms with Crippen LogP contribution >= 0.6 is 0 Å². The summed E-state index contributed by atoms with van der Waals surface area (Å²) in [5.41, 5.74) is 0.0366. The molecule has 1 rings (SSSR count). The second kappa shape index (κ2) is 5.38. The molecule has 2 N–H and O–H groups in total. The lowest BCUT2D eigenvalue weighted by Gasteiger charge is -2.34. The first-order chi connectivity index (χ1) is 7.76. The number of hydrogen-bond acceptors (Lipinski definition) is 2. The van der Waals surface area contributed by atoms with Crippen LogP contribution < -0.4 is 10.6 Å². The number of carbonyl (C=O) groups excluding carboxylic acids is 1. The van der Waals surface area contributed by atoms with Gasteiger partial charge in [-0.05, 0) is 37.6 Å². The molecule has 0 aliphatic carbocycles. The van der Waals surface area contributed by atoms with Gasteiger partial charge >= 0.3 is 0 Å². The van der Waals surface area contributed by atoms with Crippen LogP contribution in [0.3, 0.4) is 0 Å². The minimum absolute atomic E-state index is 0.209. The molecular weight excluding hydrogens is 212 g/mol. The number of piperidine rings is 1. The first-order valence-corrected chi connectivity index (χ1v) is 6.75. The molecule has 3 heteroatoms. The molecule has 0 aromatic rings. The Labute approximate surface area is 106 Å². The Morgan fingerprint density at radius 2 is 2.12 bits per heavy atom. The largest absolute Gasteiger partial charge is 0.355 e. The zero-order valence-electron chi connectivity index (χ0n) is 12.0. The fraction of sp³-hybridized carbons (Fsp3) is 0.929. The van der Waals surface area contributed by atoms with Crippen molar-refractivity contribution in [3.8, 4) is 0 Å². The molecule has 0 aromatic heterocycles. The van der Waals surface area contributed by atoms with E-state index in [-0.39, 0.29) is 16.7 Å². The summed E-state index contributed by atoms with van der Waals surface area (Å²) in [6.45, 7) is 13.5. The minimum atomic E-state index is -0.212. The molecular formula is C14H28N2O. The maximum absolute atomic E-state index is 12.2. The summed E-state index contributed by atoms with van der Waals surface area (Å²) >= 11 is 0. The summed E-state index contributed by atoms with van der Waals surface area (Å²) < 4.78 is 0. The third kappa shape index (κ3) is 3.98. The van der Waals surface area contributed by atoms with E-state index in [2.05, 4.69) is 45.3 Å². The summed E-state index contributed by atoms with van der Waals surface area (Å²) in [5.74, 6) is 0.701. The monoisotopic (exact) mass is 240 g/mol. The van der Waals surface area contributed by atoms with E-state index in [1.54, 1.807) is 0 Å². The van der Waals surface area contributed by atoms with Crippen molar-refractivity contribution >= 4 is 5.91 Å². The van der Waals surface area contributed by atoms with Crippen LogP contribution in [-0.4, -0.2) is 25.5 Å². The molecule has 1 amide bonds. The highest BCUT2D eigenvalue weighted by Gasteiger charge is 2.34. The van der Waals surface area contributed by atoms with Crippen molar-refractivity contribution in [1.82, 2.24) is 10.6 Å². The summed E-state index contributed by atoms with van der Waals surface area (Å²) in [6.07, 6.45) is 2.09. The number of hydrogen-bond donors (Lipinski definition) is 2. The van der Waals surface area contributed by atoms with E-state index in [0.29, 0.717) is 5.92 Å². The van der Waals surface area contributed by atoms with Gasteiger partial charge in [-0.2, -0.15) is 0 Å². The minimum Gasteiger partial charge on any atom is -0.355 e. The van der Waals surface area contributed by atoms with Crippen LogP contribution in [0.25, 0.3) is 0 Å². The topological polar surface area (TPSA) is 41.1 Å². The molecule has 3 nitrogen and oxygen atoms in total. The van der Waals surface area contributed by atoms with E-state index in [4.69, 9.17) is 0 Å². The predicted molar refractivity (Wildman–Crippen MR) is 71.8 cm³/mol. The smallest absolute Gasteiger partial charge is 0.227 e. The van der Waals surface area contributed by atoms with Crippen LogP contribution in [0.1, 0.15) is 47.5 Å². The molecule has 17 heavy (non-hydrogen) atoms. The van der Waals surface area contributed by atoms with Crippen LogP contribution in [0.15, 0.2) is 0 Å². The van der Waals surface area contributed by atoms with Gasteiger partial charge in [0.25, 0.3) is 0 Å². The van der Waals surface area contributed by atoms with Gasteiger partial charge in [-0.1, -0.05) is 27.7 Å². The van der Waals surface area contributed by atoms with E-state index in [1.807, 2.05) is 0 Å². The molecule has 100 valence electrons. The number of nitrogens with one attached hydrogen (secondary N) is 2. The standard InChI is InChI=1S/C14H28N2O/c1-11(13(2,3)4)9-16-12(17)14(5)7-6-8-15-10-14/h11,15H,6-10H2,1-5H3,(H,16,17). The Kier molecular flexibility index (Phi) is 4.59. The zero-order valence-corrected chi connectivity index (χ0v) is 12.0. The molecule has 1 aliphatic heterocycles. The molecule has 0 saturated carbocycles. The quantitative estimate of drug-likeness (QED) is 0.794. The van der Waals surface area contributed by atoms with E-state index in [0.717, 1.165) is 32.5 Å². The average molecular weight is 240 g/mol. The molecule has 0 aromatic carbocycles. The fourth-order valence-electron chi connectivity index (χ4n) is 2.02. The molecule has 2 unspecified atom stereocenters. The maximum atomic E-state index is 12.2. The van der Waals surface area contributed by atoms with Crippen molar-refractivity contribution < 1.29 is 4.79 Å². The highest BCUT2D eigenvalue weighted by molar-refractivity contribution is 5.82. The molecule has 0 spiro atoms. The highest BCUT2D eigenvalue weighted by atomic mass is 16.2. The molecule has 1 fully saturated rings. The third-order valence-corrected chi connectivity index (χ3v) is 4.19. The van der Waals surface area contributed by atoms with Gasteiger partial charge in [0.2, 0.25) is 5.91 Å². The second-order valence-electron chi connectivity index (χ2n) is 6.82. The summed E-state index contributed by atoms with van der Waals surface area (Å²) in [6, 6.07) is 0. The van der Waals surface area contributed by atoms with Crippen LogP contribution in [0.2, 0.25) is 0 Å². The van der Waals surface area contributed by atoms with Crippen molar-refractivity contribution in [1.29, 1.82) is 0 Å². The van der Waals surface area contributed by atoms with Crippen molar-refractivity contribution in [3.63, 3.8) is 0 Å². The van der Waals surface area contributed by atoms with E-state index >= 15 is 0 Å². The van der Waals surface area contributed by atoms with E-state index < -0.39 is 0 Å². The SMILES string of the molecule is CC(CNC(=O)C1(C)CCCNC1)C(C)(C)C. The third-order valence-electron chi connectivity index (χ3n) is 4.19. The van der Waals surface area contributed by atoms with Crippen LogP contribution in [-0.2, 0) is 4.79 Å². The maximum Gasteiger partial charge on any atom is 0.227 e. The Bertz CT molecular complexity index is 262. The summed E-state index contributed by atoms with van der Waals surface area (Å²) in [5, 5.41) is 6.43. The Morgan fingerprint density at radius 3 is 2.59 bits per heavy atom. The van der Waals surface area contributed by atoms with Gasteiger partial charge < -0.3 is 10.6 Å².